The number of fused-ring (bicyclic) bond motifs is 2. The Labute approximate surface area is 270 Å². The van der Waals surface area contributed by atoms with E-state index in [1.54, 1.807) is 55.7 Å². The molecule has 5 aromatic rings. The van der Waals surface area contributed by atoms with Crippen LogP contribution in [0.4, 0.5) is 0 Å². The molecule has 2 aromatic heterocycles. The average Bonchev–Trinajstić information content (AvgIpc) is 3.72. The van der Waals surface area contributed by atoms with Crippen molar-refractivity contribution in [3.05, 3.63) is 98.0 Å². The van der Waals surface area contributed by atoms with Crippen LogP contribution in [-0.4, -0.2) is 37.1 Å². The molecular weight excluding hydrogens is 637 g/mol. The minimum atomic E-state index is -4.05. The summed E-state index contributed by atoms with van der Waals surface area (Å²) < 4.78 is 42.1. The largest absolute Gasteiger partial charge is 0.492 e. The van der Waals surface area contributed by atoms with Gasteiger partial charge in [0, 0.05) is 27.8 Å². The van der Waals surface area contributed by atoms with Crippen LogP contribution in [0.15, 0.2) is 65.7 Å². The fourth-order valence-corrected chi connectivity index (χ4v) is 7.68. The molecule has 3 aromatic carbocycles. The molecule has 0 atom stereocenters. The highest BCUT2D eigenvalue weighted by molar-refractivity contribution is 7.89. The minimum Gasteiger partial charge on any atom is -0.492 e. The number of ether oxygens (including phenoxy) is 2. The maximum Gasteiger partial charge on any atom is 0.266 e. The summed E-state index contributed by atoms with van der Waals surface area (Å²) >= 11 is 12.3. The normalized spacial score (nSPS) is 14.1. The molecule has 9 nitrogen and oxygen atoms in total. The molecule has 1 saturated carbocycles. The topological polar surface area (TPSA) is 119 Å². The number of nitrogens with zero attached hydrogens (tertiary/aromatic N) is 1. The number of aryl methyl sites for hydroxylation is 1. The van der Waals surface area contributed by atoms with Crippen molar-refractivity contribution < 1.29 is 22.7 Å². The van der Waals surface area contributed by atoms with Gasteiger partial charge >= 0.3 is 0 Å². The molecular formula is C33H31Cl2N3O6S. The van der Waals surface area contributed by atoms with Crippen molar-refractivity contribution in [2.24, 2.45) is 0 Å². The highest BCUT2D eigenvalue weighted by Gasteiger charge is 2.53. The van der Waals surface area contributed by atoms with Gasteiger partial charge in [-0.2, -0.15) is 0 Å². The van der Waals surface area contributed by atoms with Gasteiger partial charge in [-0.05, 0) is 80.6 Å². The second kappa shape index (κ2) is 11.7. The summed E-state index contributed by atoms with van der Waals surface area (Å²) in [5, 5.41) is 2.48. The van der Waals surface area contributed by atoms with Gasteiger partial charge in [0.1, 0.15) is 5.75 Å². The monoisotopic (exact) mass is 667 g/mol. The van der Waals surface area contributed by atoms with Gasteiger partial charge in [-0.1, -0.05) is 41.4 Å². The van der Waals surface area contributed by atoms with E-state index in [9.17, 15) is 18.0 Å². The maximum atomic E-state index is 13.9. The third kappa shape index (κ3) is 5.55. The summed E-state index contributed by atoms with van der Waals surface area (Å²) in [6, 6.07) is 13.6. The predicted molar refractivity (Wildman–Crippen MR) is 177 cm³/mol. The van der Waals surface area contributed by atoms with E-state index in [2.05, 4.69) is 9.71 Å². The molecule has 1 aliphatic carbocycles. The molecule has 2 N–H and O–H groups in total. The lowest BCUT2D eigenvalue weighted by atomic mass is 9.95. The molecule has 0 spiro atoms. The van der Waals surface area contributed by atoms with E-state index >= 15 is 0 Å². The van der Waals surface area contributed by atoms with Crippen LogP contribution in [0, 0.1) is 6.92 Å². The van der Waals surface area contributed by atoms with E-state index in [-0.39, 0.29) is 5.56 Å². The fraction of sp³-hybridized carbons (Fsp3) is 0.273. The lowest BCUT2D eigenvalue weighted by Gasteiger charge is -2.17. The van der Waals surface area contributed by atoms with Gasteiger partial charge in [-0.25, -0.2) is 8.42 Å². The van der Waals surface area contributed by atoms with Crippen molar-refractivity contribution in [3.63, 3.8) is 0 Å². The fourth-order valence-electron chi connectivity index (χ4n) is 5.92. The Kier molecular flexibility index (Phi) is 8.09. The first-order valence-electron chi connectivity index (χ1n) is 14.5. The van der Waals surface area contributed by atoms with Gasteiger partial charge < -0.3 is 14.5 Å². The number of halogens is 2. The minimum absolute atomic E-state index is 0.286. The van der Waals surface area contributed by atoms with Gasteiger partial charge in [0.2, 0.25) is 15.9 Å². The summed E-state index contributed by atoms with van der Waals surface area (Å²) in [6.45, 7) is 6.30. The second-order valence-corrected chi connectivity index (χ2v) is 13.7. The molecule has 6 rings (SSSR count). The number of hydrogen-bond donors (Lipinski definition) is 2. The lowest BCUT2D eigenvalue weighted by molar-refractivity contribution is -0.121. The molecule has 45 heavy (non-hydrogen) atoms. The molecule has 0 bridgehead atoms. The Bertz CT molecular complexity index is 2150. The summed E-state index contributed by atoms with van der Waals surface area (Å²) in [4.78, 5) is 30.4. The molecule has 234 valence electrons. The van der Waals surface area contributed by atoms with E-state index in [1.807, 2.05) is 26.0 Å². The number of hydrogen-bond acceptors (Lipinski definition) is 6. The average molecular weight is 669 g/mol. The quantitative estimate of drug-likeness (QED) is 0.174. The number of aromatic amines is 1. The van der Waals surface area contributed by atoms with Crippen LogP contribution in [0.2, 0.25) is 10.0 Å². The van der Waals surface area contributed by atoms with E-state index in [1.165, 1.54) is 4.57 Å². The third-order valence-electron chi connectivity index (χ3n) is 8.09. The number of sulfonamides is 1. The van der Waals surface area contributed by atoms with Crippen LogP contribution < -0.4 is 19.8 Å². The zero-order valence-corrected chi connectivity index (χ0v) is 27.2. The van der Waals surface area contributed by atoms with Crippen molar-refractivity contribution in [3.8, 4) is 17.2 Å². The molecule has 1 amide bonds. The van der Waals surface area contributed by atoms with Crippen molar-refractivity contribution in [1.82, 2.24) is 14.3 Å². The summed E-state index contributed by atoms with van der Waals surface area (Å²) in [7, 11) is -4.05. The van der Waals surface area contributed by atoms with Crippen molar-refractivity contribution in [1.29, 1.82) is 0 Å². The number of carbonyl (C=O) groups is 1. The molecule has 0 radical (unpaired) electrons. The highest BCUT2D eigenvalue weighted by Crippen LogP contribution is 2.51. The Morgan fingerprint density at radius 3 is 2.42 bits per heavy atom. The summed E-state index contributed by atoms with van der Waals surface area (Å²) in [5.41, 5.74) is 1.70. The number of amides is 1. The number of carbonyl (C=O) groups excluding carboxylic acids is 1. The van der Waals surface area contributed by atoms with Crippen LogP contribution in [0.25, 0.3) is 27.4 Å². The number of benzene rings is 3. The van der Waals surface area contributed by atoms with Crippen molar-refractivity contribution in [2.45, 2.75) is 44.8 Å². The van der Waals surface area contributed by atoms with Gasteiger partial charge in [0.25, 0.3) is 5.56 Å². The first-order chi connectivity index (χ1) is 21.5. The zero-order chi connectivity index (χ0) is 32.1. The van der Waals surface area contributed by atoms with Gasteiger partial charge in [0.15, 0.2) is 5.75 Å². The van der Waals surface area contributed by atoms with Crippen molar-refractivity contribution in [2.75, 3.05) is 13.2 Å². The molecule has 1 fully saturated rings. The number of nitrogens with one attached hydrogen (secondary N) is 2. The molecule has 0 aliphatic heterocycles. The van der Waals surface area contributed by atoms with Crippen molar-refractivity contribution >= 4 is 60.8 Å². The van der Waals surface area contributed by atoms with E-state index in [0.29, 0.717) is 80.7 Å². The predicted octanol–water partition coefficient (Wildman–Crippen LogP) is 6.56. The van der Waals surface area contributed by atoms with Crippen LogP contribution in [0.1, 0.15) is 43.4 Å². The maximum absolute atomic E-state index is 13.9. The second-order valence-electron chi connectivity index (χ2n) is 11.1. The Hall–Kier alpha value is -3.99. The molecule has 12 heteroatoms. The summed E-state index contributed by atoms with van der Waals surface area (Å²) in [5.74, 6) is -0.0235. The zero-order valence-electron chi connectivity index (χ0n) is 24.9. The van der Waals surface area contributed by atoms with Crippen LogP contribution in [0.5, 0.6) is 11.5 Å². The molecule has 0 saturated heterocycles. The molecule has 0 unspecified atom stereocenters. The Balaban J connectivity index is 1.32. The Morgan fingerprint density at radius 1 is 1.02 bits per heavy atom. The molecule has 1 aliphatic rings. The van der Waals surface area contributed by atoms with Crippen LogP contribution >= 0.6 is 23.2 Å². The van der Waals surface area contributed by atoms with E-state index in [4.69, 9.17) is 32.7 Å². The van der Waals surface area contributed by atoms with Crippen LogP contribution in [0.3, 0.4) is 0 Å². The first-order valence-corrected chi connectivity index (χ1v) is 16.9. The number of aromatic nitrogens is 2. The van der Waals surface area contributed by atoms with Gasteiger partial charge in [-0.15, -0.1) is 0 Å². The smallest absolute Gasteiger partial charge is 0.266 e. The number of rotatable bonds is 10. The standard InChI is InChI=1S/C33H31Cl2N3O6S/c1-4-43-29-22-7-6-14-36-28(22)30(44-5-2)23-17-38(31(39)27(23)29)26-11-8-20(15-19(26)3)18-45(41,42)37-32(40)33(12-13-33)24-10-9-21(34)16-25(24)35/h6-11,14-17,36H,4-5,12-13,18H2,1-3H3,(H,37,40). The highest BCUT2D eigenvalue weighted by atomic mass is 35.5. The molecule has 2 heterocycles. The third-order valence-corrected chi connectivity index (χ3v) is 9.85. The SMILES string of the molecule is CCOc1c2cn(-c3ccc(CS(=O)(=O)NC(=O)C4(c5ccc(Cl)cc5Cl)CC4)cc3C)c(=O)c2c(OCC)c2ccc[nH]c12. The summed E-state index contributed by atoms with van der Waals surface area (Å²) in [6.07, 6.45) is 4.48. The van der Waals surface area contributed by atoms with E-state index < -0.39 is 27.1 Å². The number of pyridine rings is 1. The first kappa shape index (κ1) is 31.0. The lowest BCUT2D eigenvalue weighted by Crippen LogP contribution is -2.39. The van der Waals surface area contributed by atoms with Crippen LogP contribution in [-0.2, 0) is 26.0 Å². The van der Waals surface area contributed by atoms with E-state index in [0.717, 1.165) is 10.9 Å². The van der Waals surface area contributed by atoms with Gasteiger partial charge in [0.05, 0.1) is 46.4 Å². The Morgan fingerprint density at radius 2 is 1.76 bits per heavy atom. The van der Waals surface area contributed by atoms with Gasteiger partial charge in [-0.3, -0.25) is 18.9 Å². The number of H-pyrrole nitrogens is 1.